The first kappa shape index (κ1) is 34.7. The molecule has 1 atom stereocenters. The van der Waals surface area contributed by atoms with Crippen molar-refractivity contribution in [2.75, 3.05) is 4.90 Å². The van der Waals surface area contributed by atoms with E-state index in [4.69, 9.17) is 14.4 Å². The lowest BCUT2D eigenvalue weighted by atomic mass is 9.82. The highest BCUT2D eigenvalue weighted by atomic mass is 16.3. The summed E-state index contributed by atoms with van der Waals surface area (Å²) in [4.78, 5) is 12.6. The lowest BCUT2D eigenvalue weighted by Gasteiger charge is -2.28. The largest absolute Gasteiger partial charge is 0.455 e. The molecule has 0 fully saturated rings. The molecule has 0 saturated carbocycles. The quantitative estimate of drug-likeness (QED) is 0.176. The van der Waals surface area contributed by atoms with E-state index in [9.17, 15) is 0 Å². The van der Waals surface area contributed by atoms with Crippen molar-refractivity contribution < 1.29 is 4.42 Å². The Morgan fingerprint density at radius 1 is 0.525 bits per heavy atom. The highest BCUT2D eigenvalue weighted by Crippen LogP contribution is 2.51. The summed E-state index contributed by atoms with van der Waals surface area (Å²) in [6.07, 6.45) is -0.315. The second-order valence-corrected chi connectivity index (χ2v) is 15.8. The van der Waals surface area contributed by atoms with Gasteiger partial charge in [0.15, 0.2) is 5.84 Å². The van der Waals surface area contributed by atoms with E-state index in [-0.39, 0.29) is 11.6 Å². The summed E-state index contributed by atoms with van der Waals surface area (Å²) in [6.45, 7) is 4.67. The molecule has 0 bridgehead atoms. The van der Waals surface area contributed by atoms with Crippen molar-refractivity contribution in [3.8, 4) is 22.3 Å². The van der Waals surface area contributed by atoms with Gasteiger partial charge in [0.1, 0.15) is 23.2 Å². The lowest BCUT2D eigenvalue weighted by molar-refractivity contribution is 0.659. The Balaban J connectivity index is 1.02. The van der Waals surface area contributed by atoms with Crippen molar-refractivity contribution in [2.24, 2.45) is 9.98 Å². The van der Waals surface area contributed by atoms with Crippen molar-refractivity contribution in [2.45, 2.75) is 25.4 Å². The highest BCUT2D eigenvalue weighted by molar-refractivity contribution is 6.22. The Morgan fingerprint density at radius 3 is 1.93 bits per heavy atom. The van der Waals surface area contributed by atoms with Crippen LogP contribution in [0.2, 0.25) is 0 Å². The maximum Gasteiger partial charge on any atom is 0.159 e. The Bertz CT molecular complexity index is 3090. The number of hydrogen-bond acceptors (Lipinski definition) is 5. The normalized spacial score (nSPS) is 15.3. The summed E-state index contributed by atoms with van der Waals surface area (Å²) < 4.78 is 6.77. The smallest absolute Gasteiger partial charge is 0.159 e. The van der Waals surface area contributed by atoms with E-state index in [1.807, 2.05) is 48.5 Å². The van der Waals surface area contributed by atoms with Crippen molar-refractivity contribution in [1.29, 1.82) is 0 Å². The molecule has 1 aromatic heterocycles. The molecule has 282 valence electrons. The van der Waals surface area contributed by atoms with Gasteiger partial charge in [-0.05, 0) is 87.5 Å². The van der Waals surface area contributed by atoms with Gasteiger partial charge in [-0.2, -0.15) is 0 Å². The van der Waals surface area contributed by atoms with Crippen LogP contribution in [0.4, 0.5) is 17.1 Å². The summed E-state index contributed by atoms with van der Waals surface area (Å²) in [7, 11) is 0. The van der Waals surface area contributed by atoms with E-state index >= 15 is 0 Å². The molecular formula is C54H40N4O. The van der Waals surface area contributed by atoms with Gasteiger partial charge >= 0.3 is 0 Å². The summed E-state index contributed by atoms with van der Waals surface area (Å²) in [5, 5.41) is 5.77. The molecule has 1 aliphatic heterocycles. The van der Waals surface area contributed by atoms with Gasteiger partial charge in [0.25, 0.3) is 0 Å². The summed E-state index contributed by atoms with van der Waals surface area (Å²) >= 11 is 0. The van der Waals surface area contributed by atoms with E-state index in [1.54, 1.807) is 0 Å². The van der Waals surface area contributed by atoms with Gasteiger partial charge in [0, 0.05) is 38.8 Å². The lowest BCUT2D eigenvalue weighted by Crippen LogP contribution is -2.33. The molecule has 1 N–H and O–H groups in total. The van der Waals surface area contributed by atoms with E-state index in [1.165, 1.54) is 22.3 Å². The predicted octanol–water partition coefficient (Wildman–Crippen LogP) is 13.5. The molecule has 0 amide bonds. The number of amidine groups is 2. The molecule has 0 spiro atoms. The molecule has 1 aliphatic carbocycles. The van der Waals surface area contributed by atoms with Crippen molar-refractivity contribution in [3.63, 3.8) is 0 Å². The minimum Gasteiger partial charge on any atom is -0.455 e. The number of hydrogen-bond donors (Lipinski definition) is 1. The van der Waals surface area contributed by atoms with Crippen molar-refractivity contribution >= 4 is 50.7 Å². The number of benzene rings is 8. The molecule has 59 heavy (non-hydrogen) atoms. The Labute approximate surface area is 343 Å². The van der Waals surface area contributed by atoms with Crippen LogP contribution in [0.25, 0.3) is 44.2 Å². The van der Waals surface area contributed by atoms with Gasteiger partial charge < -0.3 is 14.6 Å². The fourth-order valence-electron chi connectivity index (χ4n) is 9.01. The van der Waals surface area contributed by atoms with Crippen LogP contribution in [0.3, 0.4) is 0 Å². The molecule has 8 aromatic carbocycles. The summed E-state index contributed by atoms with van der Waals surface area (Å²) in [5.74, 6) is 1.40. The number of anilines is 3. The summed E-state index contributed by atoms with van der Waals surface area (Å²) in [6, 6.07) is 68.4. The third kappa shape index (κ3) is 5.85. The van der Waals surface area contributed by atoms with Gasteiger partial charge in [-0.25, -0.2) is 9.98 Å². The Hall–Kier alpha value is -7.50. The number of nitrogens with one attached hydrogen (secondary N) is 1. The third-order valence-electron chi connectivity index (χ3n) is 11.9. The van der Waals surface area contributed by atoms with E-state index in [2.05, 4.69) is 170 Å². The van der Waals surface area contributed by atoms with Gasteiger partial charge in [-0.1, -0.05) is 159 Å². The summed E-state index contributed by atoms with van der Waals surface area (Å²) in [5.41, 5.74) is 15.3. The third-order valence-corrected chi connectivity index (χ3v) is 11.9. The topological polar surface area (TPSA) is 53.1 Å². The zero-order valence-corrected chi connectivity index (χ0v) is 32.8. The van der Waals surface area contributed by atoms with Crippen LogP contribution in [0, 0.1) is 0 Å². The molecule has 5 nitrogen and oxygen atoms in total. The van der Waals surface area contributed by atoms with Crippen LogP contribution in [-0.2, 0) is 5.41 Å². The monoisotopic (exact) mass is 760 g/mol. The minimum absolute atomic E-state index is 0.101. The second kappa shape index (κ2) is 13.9. The molecule has 5 heteroatoms. The molecule has 0 saturated heterocycles. The molecule has 9 aromatic rings. The average molecular weight is 761 g/mol. The van der Waals surface area contributed by atoms with E-state index in [0.717, 1.165) is 72.7 Å². The van der Waals surface area contributed by atoms with Crippen LogP contribution in [0.15, 0.2) is 209 Å². The number of aliphatic imine (C=N–C) groups is 2. The average Bonchev–Trinajstić information content (AvgIpc) is 3.80. The molecule has 1 unspecified atom stereocenters. The Kier molecular flexibility index (Phi) is 8.16. The fraction of sp³-hybridized carbons (Fsp3) is 0.0741. The SMILES string of the molecule is CC1(C)c2ccccc2-c2ccc(N(c3ccccc3)c3ccc(-c4ccc(C5=NC(c6ccccc6)=NC(c6ccccc6)N5)c5oc6ccccc6c45)cc3)cc21. The first-order valence-electron chi connectivity index (χ1n) is 20.2. The van der Waals surface area contributed by atoms with E-state index < -0.39 is 0 Å². The van der Waals surface area contributed by atoms with Gasteiger partial charge in [0.2, 0.25) is 0 Å². The van der Waals surface area contributed by atoms with Gasteiger partial charge in [-0.3, -0.25) is 0 Å². The standard InChI is InChI=1S/C54H40N4O/c1-54(2)46-24-14-12-22-42(46)43-31-30-40(34-47(43)54)58(38-20-10-5-11-21-38)39-28-26-35(27-29-39)41-32-33-45(50-49(41)44-23-13-15-25-48(44)59-50)53-56-51(36-16-6-3-7-17-36)55-52(57-53)37-18-8-4-9-19-37/h3-34,51H,1-2H3,(H,55,56,57). The predicted molar refractivity (Wildman–Crippen MR) is 243 cm³/mol. The van der Waals surface area contributed by atoms with Crippen LogP contribution in [0.1, 0.15) is 47.8 Å². The fourth-order valence-corrected chi connectivity index (χ4v) is 9.01. The van der Waals surface area contributed by atoms with Crippen molar-refractivity contribution in [3.05, 3.63) is 222 Å². The van der Waals surface area contributed by atoms with E-state index in [0.29, 0.717) is 5.84 Å². The van der Waals surface area contributed by atoms with Gasteiger partial charge in [0.05, 0.1) is 5.56 Å². The number of para-hydroxylation sites is 2. The molecule has 0 radical (unpaired) electrons. The van der Waals surface area contributed by atoms with Crippen LogP contribution >= 0.6 is 0 Å². The van der Waals surface area contributed by atoms with Crippen molar-refractivity contribution in [1.82, 2.24) is 5.32 Å². The first-order chi connectivity index (χ1) is 29.0. The first-order valence-corrected chi connectivity index (χ1v) is 20.2. The van der Waals surface area contributed by atoms with Crippen LogP contribution < -0.4 is 10.2 Å². The van der Waals surface area contributed by atoms with Crippen LogP contribution in [0.5, 0.6) is 0 Å². The maximum atomic E-state index is 6.77. The zero-order chi connectivity index (χ0) is 39.5. The Morgan fingerprint density at radius 2 is 1.14 bits per heavy atom. The number of fused-ring (bicyclic) bond motifs is 6. The number of furan rings is 1. The van der Waals surface area contributed by atoms with Gasteiger partial charge in [-0.15, -0.1) is 0 Å². The molecule has 2 heterocycles. The molecular weight excluding hydrogens is 721 g/mol. The maximum absolute atomic E-state index is 6.77. The highest BCUT2D eigenvalue weighted by Gasteiger charge is 2.36. The minimum atomic E-state index is -0.315. The second-order valence-electron chi connectivity index (χ2n) is 15.8. The molecule has 11 rings (SSSR count). The number of nitrogens with zero attached hydrogens (tertiary/aromatic N) is 3. The molecule has 2 aliphatic rings. The zero-order valence-electron chi connectivity index (χ0n) is 32.8. The number of rotatable bonds is 7. The van der Waals surface area contributed by atoms with Crippen LogP contribution in [-0.4, -0.2) is 11.7 Å².